The van der Waals surface area contributed by atoms with Crippen LogP contribution in [-0.4, -0.2) is 0 Å². The molecular formula is C24H20. The molecule has 0 radical (unpaired) electrons. The fourth-order valence-electron chi connectivity index (χ4n) is 3.61. The zero-order chi connectivity index (χ0) is 16.4. The van der Waals surface area contributed by atoms with E-state index in [1.54, 1.807) is 0 Å². The fraction of sp³-hybridized carbons (Fsp3) is 0.0833. The molecule has 0 amide bonds. The molecule has 0 spiro atoms. The van der Waals surface area contributed by atoms with E-state index >= 15 is 0 Å². The summed E-state index contributed by atoms with van der Waals surface area (Å²) < 4.78 is 0. The van der Waals surface area contributed by atoms with Gasteiger partial charge >= 0.3 is 0 Å². The minimum Gasteiger partial charge on any atom is -0.0622 e. The van der Waals surface area contributed by atoms with Crippen LogP contribution < -0.4 is 0 Å². The van der Waals surface area contributed by atoms with E-state index in [0.29, 0.717) is 0 Å². The molecule has 0 bridgehead atoms. The molecule has 0 nitrogen and oxygen atoms in total. The zero-order valence-electron chi connectivity index (χ0n) is 13.9. The molecular weight excluding hydrogens is 288 g/mol. The number of rotatable bonds is 3. The van der Waals surface area contributed by atoms with Crippen molar-refractivity contribution in [3.8, 4) is 0 Å². The van der Waals surface area contributed by atoms with Crippen LogP contribution in [0.2, 0.25) is 0 Å². The van der Waals surface area contributed by atoms with Gasteiger partial charge in [-0.15, -0.1) is 0 Å². The Morgan fingerprint density at radius 1 is 0.500 bits per heavy atom. The van der Waals surface area contributed by atoms with Crippen molar-refractivity contribution >= 4 is 16.7 Å². The van der Waals surface area contributed by atoms with Crippen LogP contribution in [0.1, 0.15) is 30.0 Å². The van der Waals surface area contributed by atoms with Gasteiger partial charge in [-0.1, -0.05) is 96.6 Å². The second-order valence-electron chi connectivity index (χ2n) is 6.28. The molecule has 0 aliphatic heterocycles. The maximum Gasteiger partial charge on any atom is -0.00481 e. The molecule has 0 saturated carbocycles. The third-order valence-electron chi connectivity index (χ3n) is 4.67. The summed E-state index contributed by atoms with van der Waals surface area (Å²) in [6, 6.07) is 32.3. The second-order valence-corrected chi connectivity index (χ2v) is 6.28. The Bertz CT molecular complexity index is 898. The molecule has 3 aromatic rings. The summed E-state index contributed by atoms with van der Waals surface area (Å²) in [4.78, 5) is 0. The van der Waals surface area contributed by atoms with Gasteiger partial charge in [-0.05, 0) is 46.8 Å². The van der Waals surface area contributed by atoms with Gasteiger partial charge in [-0.2, -0.15) is 0 Å². The third-order valence-corrected chi connectivity index (χ3v) is 4.67. The van der Waals surface area contributed by atoms with Gasteiger partial charge in [0, 0.05) is 0 Å². The van der Waals surface area contributed by atoms with Crippen LogP contribution in [0.25, 0.3) is 16.7 Å². The van der Waals surface area contributed by atoms with E-state index in [4.69, 9.17) is 0 Å². The molecule has 24 heavy (non-hydrogen) atoms. The van der Waals surface area contributed by atoms with E-state index in [1.807, 2.05) is 0 Å². The van der Waals surface area contributed by atoms with E-state index in [-0.39, 0.29) is 0 Å². The molecule has 0 unspecified atom stereocenters. The third kappa shape index (κ3) is 2.61. The molecule has 0 heteroatoms. The standard InChI is InChI=1S/C24H20/c1-18-17-22(19-11-5-2-6-12-19)24(21-15-9-4-10-16-21)23(18)20-13-7-3-8-14-20/h2-16H,17H2,1H3. The molecule has 3 aromatic carbocycles. The fourth-order valence-corrected chi connectivity index (χ4v) is 3.61. The summed E-state index contributed by atoms with van der Waals surface area (Å²) in [5, 5.41) is 0. The van der Waals surface area contributed by atoms with Gasteiger partial charge in [0.2, 0.25) is 0 Å². The number of benzene rings is 3. The van der Waals surface area contributed by atoms with Crippen LogP contribution in [-0.2, 0) is 0 Å². The van der Waals surface area contributed by atoms with E-state index in [9.17, 15) is 0 Å². The maximum absolute atomic E-state index is 2.27. The van der Waals surface area contributed by atoms with Crippen molar-refractivity contribution in [3.63, 3.8) is 0 Å². The average Bonchev–Trinajstić information content (AvgIpc) is 3.01. The molecule has 0 fully saturated rings. The first kappa shape index (κ1) is 14.7. The Kier molecular flexibility index (Phi) is 3.88. The lowest BCUT2D eigenvalue weighted by atomic mass is 9.90. The van der Waals surface area contributed by atoms with E-state index < -0.39 is 0 Å². The minimum absolute atomic E-state index is 1.01. The van der Waals surface area contributed by atoms with Crippen LogP contribution in [0, 0.1) is 0 Å². The summed E-state index contributed by atoms with van der Waals surface area (Å²) in [7, 11) is 0. The van der Waals surface area contributed by atoms with Crippen LogP contribution in [0.15, 0.2) is 96.6 Å². The summed E-state index contributed by atoms with van der Waals surface area (Å²) in [5.74, 6) is 0. The Hall–Kier alpha value is -2.86. The predicted molar refractivity (Wildman–Crippen MR) is 103 cm³/mol. The zero-order valence-corrected chi connectivity index (χ0v) is 13.9. The van der Waals surface area contributed by atoms with Gasteiger partial charge in [-0.25, -0.2) is 0 Å². The van der Waals surface area contributed by atoms with Crippen LogP contribution in [0.3, 0.4) is 0 Å². The lowest BCUT2D eigenvalue weighted by Crippen LogP contribution is -1.91. The number of hydrogen-bond acceptors (Lipinski definition) is 0. The van der Waals surface area contributed by atoms with Gasteiger partial charge in [-0.3, -0.25) is 0 Å². The Morgan fingerprint density at radius 2 is 0.917 bits per heavy atom. The molecule has 1 aliphatic rings. The molecule has 0 saturated heterocycles. The highest BCUT2D eigenvalue weighted by atomic mass is 14.3. The largest absolute Gasteiger partial charge is 0.0622 e. The van der Waals surface area contributed by atoms with E-state index in [2.05, 4.69) is 97.9 Å². The van der Waals surface area contributed by atoms with Crippen molar-refractivity contribution < 1.29 is 0 Å². The average molecular weight is 308 g/mol. The van der Waals surface area contributed by atoms with E-state index in [0.717, 1.165) is 6.42 Å². The normalized spacial score (nSPS) is 14.4. The maximum atomic E-state index is 2.27. The van der Waals surface area contributed by atoms with Gasteiger partial charge < -0.3 is 0 Å². The van der Waals surface area contributed by atoms with E-state index in [1.165, 1.54) is 39.0 Å². The van der Waals surface area contributed by atoms with Crippen molar-refractivity contribution in [3.05, 3.63) is 113 Å². The van der Waals surface area contributed by atoms with Gasteiger partial charge in [0.15, 0.2) is 0 Å². The van der Waals surface area contributed by atoms with Crippen molar-refractivity contribution in [2.45, 2.75) is 13.3 Å². The first-order valence-corrected chi connectivity index (χ1v) is 8.44. The van der Waals surface area contributed by atoms with Crippen molar-refractivity contribution in [1.29, 1.82) is 0 Å². The predicted octanol–water partition coefficient (Wildman–Crippen LogP) is 6.47. The lowest BCUT2D eigenvalue weighted by Gasteiger charge is -2.13. The highest BCUT2D eigenvalue weighted by molar-refractivity contribution is 6.19. The molecule has 1 aliphatic carbocycles. The highest BCUT2D eigenvalue weighted by Crippen LogP contribution is 2.47. The Labute approximate surface area is 143 Å². The highest BCUT2D eigenvalue weighted by Gasteiger charge is 2.25. The van der Waals surface area contributed by atoms with Crippen LogP contribution >= 0.6 is 0 Å². The Morgan fingerprint density at radius 3 is 1.42 bits per heavy atom. The first-order chi connectivity index (χ1) is 11.8. The second kappa shape index (κ2) is 6.33. The topological polar surface area (TPSA) is 0 Å². The van der Waals surface area contributed by atoms with Crippen molar-refractivity contribution in [2.24, 2.45) is 0 Å². The Balaban J connectivity index is 1.96. The number of hydrogen-bond donors (Lipinski definition) is 0. The van der Waals surface area contributed by atoms with Gasteiger partial charge in [0.05, 0.1) is 0 Å². The quantitative estimate of drug-likeness (QED) is 0.520. The monoisotopic (exact) mass is 308 g/mol. The molecule has 116 valence electrons. The van der Waals surface area contributed by atoms with Crippen molar-refractivity contribution in [1.82, 2.24) is 0 Å². The lowest BCUT2D eigenvalue weighted by molar-refractivity contribution is 1.26. The minimum atomic E-state index is 1.01. The summed E-state index contributed by atoms with van der Waals surface area (Å²) in [6.07, 6.45) is 1.01. The van der Waals surface area contributed by atoms with Gasteiger partial charge in [0.25, 0.3) is 0 Å². The smallest absolute Gasteiger partial charge is 0.00481 e. The molecule has 0 N–H and O–H groups in total. The van der Waals surface area contributed by atoms with Crippen molar-refractivity contribution in [2.75, 3.05) is 0 Å². The molecule has 0 aromatic heterocycles. The summed E-state index contributed by atoms with van der Waals surface area (Å²) in [6.45, 7) is 2.27. The molecule has 0 atom stereocenters. The summed E-state index contributed by atoms with van der Waals surface area (Å²) >= 11 is 0. The molecule has 4 rings (SSSR count). The molecule has 0 heterocycles. The summed E-state index contributed by atoms with van der Waals surface area (Å²) in [5.41, 5.74) is 9.57. The van der Waals surface area contributed by atoms with Gasteiger partial charge in [0.1, 0.15) is 0 Å². The number of allylic oxidation sites excluding steroid dienone is 4. The SMILES string of the molecule is CC1=C(c2ccccc2)C(c2ccccc2)=C(c2ccccc2)C1. The first-order valence-electron chi connectivity index (χ1n) is 8.44. The van der Waals surface area contributed by atoms with Crippen LogP contribution in [0.4, 0.5) is 0 Å². The van der Waals surface area contributed by atoms with Crippen LogP contribution in [0.5, 0.6) is 0 Å².